The fraction of sp³-hybridized carbons (Fsp3) is 0.333. The van der Waals surface area contributed by atoms with Crippen molar-refractivity contribution in [1.82, 2.24) is 4.57 Å². The van der Waals surface area contributed by atoms with Crippen LogP contribution in [0.5, 0.6) is 0 Å². The quantitative estimate of drug-likeness (QED) is 0.591. The van der Waals surface area contributed by atoms with Crippen molar-refractivity contribution in [2.45, 2.75) is 0 Å². The molecule has 0 saturated heterocycles. The van der Waals surface area contributed by atoms with Crippen molar-refractivity contribution < 1.29 is 13.1 Å². The monoisotopic (exact) mass is 289 g/mol. The number of hydrogen-bond acceptors (Lipinski definition) is 2. The van der Waals surface area contributed by atoms with E-state index in [1.807, 2.05) is 36.2 Å². The van der Waals surface area contributed by atoms with Crippen molar-refractivity contribution in [1.29, 1.82) is 0 Å². The average molecular weight is 290 g/mol. The third kappa shape index (κ3) is 5.38. The molecule has 0 radical (unpaired) electrons. The van der Waals surface area contributed by atoms with Gasteiger partial charge in [0.05, 0.1) is 11.4 Å². The zero-order valence-electron chi connectivity index (χ0n) is 8.76. The maximum atomic E-state index is 4.76. The number of halogens is 2. The van der Waals surface area contributed by atoms with Gasteiger partial charge < -0.3 is 4.57 Å². The van der Waals surface area contributed by atoms with Crippen LogP contribution in [0, 0.1) is 0 Å². The Morgan fingerprint density at radius 2 is 1.47 bits per heavy atom. The molecule has 0 aliphatic carbocycles. The molecule has 86 valence electrons. The van der Waals surface area contributed by atoms with E-state index in [-0.39, 0.29) is 13.1 Å². The van der Waals surface area contributed by atoms with E-state index >= 15 is 0 Å². The zero-order valence-corrected chi connectivity index (χ0v) is 11.4. The van der Waals surface area contributed by atoms with Crippen molar-refractivity contribution in [3.63, 3.8) is 0 Å². The number of nitrogens with zero attached hydrogens (tertiary/aromatic N) is 3. The van der Waals surface area contributed by atoms with Gasteiger partial charge in [-0.2, -0.15) is 0 Å². The maximum absolute atomic E-state index is 4.76. The summed E-state index contributed by atoms with van der Waals surface area (Å²) in [5.74, 6) is 0. The number of aliphatic imine (C=N–C) groups is 2. The van der Waals surface area contributed by atoms with Crippen LogP contribution in [0.2, 0.25) is 0 Å². The molecule has 0 bridgehead atoms. The summed E-state index contributed by atoms with van der Waals surface area (Å²) in [4.78, 5) is 7.90. The Morgan fingerprint density at radius 1 is 1.13 bits per heavy atom. The van der Waals surface area contributed by atoms with E-state index in [9.17, 15) is 0 Å². The SMILES string of the molecule is CN=Cc1ccc(C=NC)n1C.[Cl][Fe][Cl]. The van der Waals surface area contributed by atoms with Crippen molar-refractivity contribution in [3.05, 3.63) is 23.5 Å². The summed E-state index contributed by atoms with van der Waals surface area (Å²) in [7, 11) is 15.1. The predicted molar refractivity (Wildman–Crippen MR) is 64.2 cm³/mol. The van der Waals surface area contributed by atoms with Crippen LogP contribution in [-0.4, -0.2) is 31.1 Å². The van der Waals surface area contributed by atoms with Crippen molar-refractivity contribution in [3.8, 4) is 0 Å². The first-order valence-corrected chi connectivity index (χ1v) is 7.10. The van der Waals surface area contributed by atoms with Gasteiger partial charge in [0.15, 0.2) is 0 Å². The molecule has 0 amide bonds. The normalized spacial score (nSPS) is 11.0. The van der Waals surface area contributed by atoms with Gasteiger partial charge in [-0.25, -0.2) is 0 Å². The number of rotatable bonds is 2. The van der Waals surface area contributed by atoms with E-state index in [1.54, 1.807) is 14.1 Å². The van der Waals surface area contributed by atoms with Crippen LogP contribution in [0.1, 0.15) is 11.4 Å². The molecule has 0 unspecified atom stereocenters. The van der Waals surface area contributed by atoms with E-state index in [2.05, 4.69) is 9.98 Å². The van der Waals surface area contributed by atoms with Gasteiger partial charge in [0.1, 0.15) is 0 Å². The summed E-state index contributed by atoms with van der Waals surface area (Å²) in [5.41, 5.74) is 2.18. The molecule has 0 aliphatic heterocycles. The minimum absolute atomic E-state index is 0.194. The van der Waals surface area contributed by atoms with Crippen LogP contribution < -0.4 is 0 Å². The summed E-state index contributed by atoms with van der Waals surface area (Å²) in [5, 5.41) is 0. The van der Waals surface area contributed by atoms with Gasteiger partial charge in [0.2, 0.25) is 0 Å². The second-order valence-electron chi connectivity index (χ2n) is 2.57. The Hall–Kier alpha value is -0.281. The fourth-order valence-electron chi connectivity index (χ4n) is 1.07. The summed E-state index contributed by atoms with van der Waals surface area (Å²) in [6, 6.07) is 4.04. The van der Waals surface area contributed by atoms with Crippen LogP contribution in [0.15, 0.2) is 22.1 Å². The molecule has 3 nitrogen and oxygen atoms in total. The standard InChI is InChI=1S/C9H13N3.2ClH.Fe/c1-10-6-8-4-5-9(7-11-2)12(8)3;;;/h4-7H,1-3H3;2*1H;/q;;;+2/p-2. The zero-order chi connectivity index (χ0) is 11.7. The van der Waals surface area contributed by atoms with Gasteiger partial charge in [-0.05, 0) is 12.1 Å². The molecular weight excluding hydrogens is 277 g/mol. The Labute approximate surface area is 105 Å². The molecule has 0 atom stereocenters. The molecule has 1 aromatic rings. The third-order valence-electron chi connectivity index (χ3n) is 1.72. The summed E-state index contributed by atoms with van der Waals surface area (Å²) >= 11 is 0.194. The Bertz CT molecular complexity index is 305. The van der Waals surface area contributed by atoms with Crippen LogP contribution in [0.3, 0.4) is 0 Å². The predicted octanol–water partition coefficient (Wildman–Crippen LogP) is 2.50. The molecule has 0 spiro atoms. The third-order valence-corrected chi connectivity index (χ3v) is 1.72. The van der Waals surface area contributed by atoms with Gasteiger partial charge >= 0.3 is 33.3 Å². The molecule has 1 aromatic heterocycles. The van der Waals surface area contributed by atoms with E-state index in [0.29, 0.717) is 0 Å². The van der Waals surface area contributed by atoms with Gasteiger partial charge in [-0.15, -0.1) is 0 Å². The van der Waals surface area contributed by atoms with Crippen LogP contribution in [-0.2, 0) is 20.2 Å². The van der Waals surface area contributed by atoms with Crippen molar-refractivity contribution >= 4 is 32.6 Å². The molecule has 15 heavy (non-hydrogen) atoms. The van der Waals surface area contributed by atoms with Crippen LogP contribution in [0.25, 0.3) is 0 Å². The Balaban J connectivity index is 0.000000583. The molecule has 0 fully saturated rings. The van der Waals surface area contributed by atoms with Gasteiger partial charge in [0.25, 0.3) is 0 Å². The average Bonchev–Trinajstić information content (AvgIpc) is 2.53. The second-order valence-corrected chi connectivity index (χ2v) is 4.39. The first kappa shape index (κ1) is 14.7. The molecule has 1 heterocycles. The van der Waals surface area contributed by atoms with E-state index < -0.39 is 0 Å². The molecule has 0 saturated carbocycles. The van der Waals surface area contributed by atoms with Gasteiger partial charge in [0, 0.05) is 33.6 Å². The topological polar surface area (TPSA) is 29.6 Å². The number of hydrogen-bond donors (Lipinski definition) is 0. The van der Waals surface area contributed by atoms with E-state index in [0.717, 1.165) is 11.4 Å². The minimum atomic E-state index is 0.194. The molecule has 0 aliphatic rings. The Kier molecular flexibility index (Phi) is 8.81. The van der Waals surface area contributed by atoms with Crippen molar-refractivity contribution in [2.75, 3.05) is 14.1 Å². The molecular formula is C9H13Cl2FeN3. The molecule has 0 N–H and O–H groups in total. The number of aromatic nitrogens is 1. The molecule has 6 heteroatoms. The first-order chi connectivity index (χ1) is 7.21. The van der Waals surface area contributed by atoms with Gasteiger partial charge in [-0.1, -0.05) is 0 Å². The fourth-order valence-corrected chi connectivity index (χ4v) is 1.07. The van der Waals surface area contributed by atoms with E-state index in [4.69, 9.17) is 20.2 Å². The summed E-state index contributed by atoms with van der Waals surface area (Å²) in [6.45, 7) is 0. The van der Waals surface area contributed by atoms with Crippen LogP contribution >= 0.6 is 20.2 Å². The van der Waals surface area contributed by atoms with Crippen LogP contribution in [0.4, 0.5) is 0 Å². The van der Waals surface area contributed by atoms with Gasteiger partial charge in [-0.3, -0.25) is 9.98 Å². The Morgan fingerprint density at radius 3 is 1.73 bits per heavy atom. The molecule has 1 rings (SSSR count). The van der Waals surface area contributed by atoms with Crippen molar-refractivity contribution in [2.24, 2.45) is 17.0 Å². The molecule has 0 aromatic carbocycles. The second kappa shape index (κ2) is 8.98. The summed E-state index contributed by atoms with van der Waals surface area (Å²) in [6.07, 6.45) is 3.65. The summed E-state index contributed by atoms with van der Waals surface area (Å²) < 4.78 is 2.04. The van der Waals surface area contributed by atoms with E-state index in [1.165, 1.54) is 0 Å². The first-order valence-electron chi connectivity index (χ1n) is 4.06.